The molecule has 1 aromatic rings. The van der Waals surface area contributed by atoms with Crippen molar-refractivity contribution in [3.63, 3.8) is 0 Å². The monoisotopic (exact) mass is 1060 g/mol. The molecule has 1 aliphatic rings. The average molecular weight is 1060 g/mol. The van der Waals surface area contributed by atoms with Gasteiger partial charge in [0.15, 0.2) is 0 Å². The molecule has 1 aromatic carbocycles. The molecule has 1 aliphatic heterocycles. The number of thiol groups is 1. The van der Waals surface area contributed by atoms with Crippen molar-refractivity contribution >= 4 is 93.7 Å². The Balaban J connectivity index is 2.34. The second-order valence-corrected chi connectivity index (χ2v) is 18.2. The fourth-order valence-corrected chi connectivity index (χ4v) is 7.67. The smallest absolute Gasteiger partial charge is 0.480 e. The van der Waals surface area contributed by atoms with Gasteiger partial charge >= 0.3 is 191 Å². The molecule has 0 aromatic heterocycles. The van der Waals surface area contributed by atoms with Crippen molar-refractivity contribution in [3.05, 3.63) is 29.8 Å². The van der Waals surface area contributed by atoms with Gasteiger partial charge in [-0.05, 0) is 25.2 Å². The predicted octanol–water partition coefficient (Wildman–Crippen LogP) is -3.89. The molecule has 2 rings (SSSR count). The van der Waals surface area contributed by atoms with Crippen LogP contribution in [0.5, 0.6) is 5.75 Å². The van der Waals surface area contributed by atoms with E-state index in [2.05, 4.69) is 65.9 Å². The number of rotatable bonds is 29. The van der Waals surface area contributed by atoms with Crippen LogP contribution in [0.4, 0.5) is 0 Å². The van der Waals surface area contributed by atoms with Gasteiger partial charge in [0.1, 0.15) is 30.7 Å². The number of carbonyl (C=O) groups excluding carboxylic acids is 10. The molecule has 0 bridgehead atoms. The van der Waals surface area contributed by atoms with Crippen molar-refractivity contribution in [1.82, 2.24) is 42.1 Å². The number of amides is 10. The third-order valence-electron chi connectivity index (χ3n) is 11.1. The van der Waals surface area contributed by atoms with Crippen LogP contribution in [0, 0.1) is 11.8 Å². The van der Waals surface area contributed by atoms with Gasteiger partial charge in [-0.15, -0.1) is 0 Å². The van der Waals surface area contributed by atoms with Gasteiger partial charge in [0.05, 0.1) is 6.42 Å². The fraction of sp³-hybridized carbons (Fsp3) is 0.605. The van der Waals surface area contributed by atoms with Gasteiger partial charge in [-0.3, -0.25) is 38.4 Å². The number of aromatic hydroxyl groups is 1. The van der Waals surface area contributed by atoms with E-state index in [1.807, 2.05) is 0 Å². The summed E-state index contributed by atoms with van der Waals surface area (Å²) in [5.74, 6) is -11.0. The first-order valence-corrected chi connectivity index (χ1v) is 24.2. The Bertz CT molecular complexity index is 2010. The number of likely N-dealkylation sites (tertiary alicyclic amines) is 1. The number of carbonyl (C=O) groups is 11. The number of primary amides is 2. The Kier molecular flexibility index (Phi) is 25.0. The minimum absolute atomic E-state index is 0.0388. The number of carboxylic acids is 1. The molecule has 0 saturated carbocycles. The minimum Gasteiger partial charge on any atom is -0.480 e. The van der Waals surface area contributed by atoms with E-state index in [0.717, 1.165) is 0 Å². The second kappa shape index (κ2) is 29.1. The molecular formula is C43H66N11O13SSe. The van der Waals surface area contributed by atoms with E-state index in [1.165, 1.54) is 29.2 Å². The molecule has 9 atom stereocenters. The topological polar surface area (TPSA) is 394 Å². The van der Waals surface area contributed by atoms with Crippen LogP contribution >= 0.6 is 12.6 Å². The molecule has 1 fully saturated rings. The summed E-state index contributed by atoms with van der Waals surface area (Å²) in [5, 5.41) is 36.2. The van der Waals surface area contributed by atoms with Crippen LogP contribution in [0.3, 0.4) is 0 Å². The van der Waals surface area contributed by atoms with Gasteiger partial charge in [0.25, 0.3) is 0 Å². The Labute approximate surface area is 413 Å². The number of nitrogens with two attached hydrogens (primary N) is 3. The molecule has 15 N–H and O–H groups in total. The number of nitrogens with one attached hydrogen (secondary N) is 7. The molecule has 1 heterocycles. The first-order chi connectivity index (χ1) is 32.4. The standard InChI is InChI=1S/C43H66N11O13SSe/c1-5-22(4)35(53-40(64)28(49-36(60)25(44)20-69)16-23-8-10-24(55)11-9-23)42(66)48-26(12-13-32(45)56)38(62)50-29(17-33(46)57)39(63)52-30(19-68)43(67)54-14-6-7-31(54)41(65)51-27(15-21(2)3)37(61)47-18-34(58)59/h8-11,21-22,25-31,35,55,68H,5-7,12-20,44H2,1-4H3,(H2,45,56)(H2,46,57)(H,47,61)(H,48,66)(H,49,60)(H,50,62)(H,51,65)(H,52,63)(H,53,64)(H,58,59)/t22-,25-,26-,27-,28-,29-,30-,31-,35-/m0/s1. The molecular weight excluding hydrogens is 990 g/mol. The van der Waals surface area contributed by atoms with E-state index in [1.54, 1.807) is 27.7 Å². The summed E-state index contributed by atoms with van der Waals surface area (Å²) >= 11 is 6.87. The van der Waals surface area contributed by atoms with Crippen LogP contribution in [-0.4, -0.2) is 163 Å². The SMILES string of the molecule is CC[C@H](C)[C@H](NC(=O)[C@H](Cc1ccc(O)cc1)NC(=O)[C@@H](N)C[Se])C(=O)N[C@@H](CCC(N)=O)C(=O)N[C@@H](CC(N)=O)C(=O)N[C@@H](CS)C(=O)N1CCC[C@H]1C(=O)N[C@@H](CC(C)C)C(=O)NCC(=O)O. The third kappa shape index (κ3) is 19.9. The zero-order chi connectivity index (χ0) is 52.1. The van der Waals surface area contributed by atoms with E-state index >= 15 is 0 Å². The molecule has 10 amide bonds. The van der Waals surface area contributed by atoms with Crippen LogP contribution in [-0.2, 0) is 59.2 Å². The zero-order valence-corrected chi connectivity index (χ0v) is 41.6. The Morgan fingerprint density at radius 2 is 1.35 bits per heavy atom. The van der Waals surface area contributed by atoms with Gasteiger partial charge in [-0.2, -0.15) is 12.6 Å². The Morgan fingerprint density at radius 3 is 1.90 bits per heavy atom. The van der Waals surface area contributed by atoms with E-state index in [0.29, 0.717) is 18.4 Å². The van der Waals surface area contributed by atoms with Crippen LogP contribution in [0.1, 0.15) is 78.2 Å². The van der Waals surface area contributed by atoms with Crippen molar-refractivity contribution in [2.75, 3.05) is 18.8 Å². The van der Waals surface area contributed by atoms with Crippen molar-refractivity contribution in [2.24, 2.45) is 29.0 Å². The summed E-state index contributed by atoms with van der Waals surface area (Å²) in [5.41, 5.74) is 17.3. The van der Waals surface area contributed by atoms with Crippen LogP contribution in [0.25, 0.3) is 0 Å². The van der Waals surface area contributed by atoms with Crippen molar-refractivity contribution in [1.29, 1.82) is 0 Å². The summed E-state index contributed by atoms with van der Waals surface area (Å²) in [4.78, 5) is 145. The Morgan fingerprint density at radius 1 is 0.768 bits per heavy atom. The van der Waals surface area contributed by atoms with E-state index in [4.69, 9.17) is 22.3 Å². The third-order valence-corrected chi connectivity index (χ3v) is 12.2. The summed E-state index contributed by atoms with van der Waals surface area (Å²) in [6.45, 7) is 6.33. The molecule has 1 radical (unpaired) electrons. The summed E-state index contributed by atoms with van der Waals surface area (Å²) < 4.78 is 0. The van der Waals surface area contributed by atoms with Crippen molar-refractivity contribution < 1.29 is 63.0 Å². The quantitative estimate of drug-likeness (QED) is 0.0270. The van der Waals surface area contributed by atoms with Crippen LogP contribution < -0.4 is 54.4 Å². The van der Waals surface area contributed by atoms with Crippen LogP contribution in [0.15, 0.2) is 24.3 Å². The van der Waals surface area contributed by atoms with Gasteiger partial charge in [-0.25, -0.2) is 0 Å². The number of carboxylic acid groups (broad SMARTS) is 1. The number of aliphatic carboxylic acids is 1. The summed E-state index contributed by atoms with van der Waals surface area (Å²) in [6, 6.07) is -4.82. The first-order valence-electron chi connectivity index (χ1n) is 22.3. The molecule has 26 heteroatoms. The number of nitrogens with zero attached hydrogens (tertiary/aromatic N) is 1. The molecule has 0 spiro atoms. The molecule has 0 unspecified atom stereocenters. The maximum atomic E-state index is 14.0. The number of phenols is 1. The predicted molar refractivity (Wildman–Crippen MR) is 252 cm³/mol. The van der Waals surface area contributed by atoms with Crippen molar-refractivity contribution in [2.45, 2.75) is 133 Å². The normalized spacial score (nSPS) is 16.8. The number of hydrogen-bond acceptors (Lipinski definition) is 14. The molecule has 383 valence electrons. The van der Waals surface area contributed by atoms with E-state index in [-0.39, 0.29) is 48.5 Å². The fourth-order valence-electron chi connectivity index (χ4n) is 7.10. The van der Waals surface area contributed by atoms with Crippen LogP contribution in [0.2, 0.25) is 5.32 Å². The maximum absolute atomic E-state index is 14.0. The molecule has 1 saturated heterocycles. The van der Waals surface area contributed by atoms with E-state index < -0.39 is 145 Å². The van der Waals surface area contributed by atoms with Crippen molar-refractivity contribution in [3.8, 4) is 5.75 Å². The number of benzene rings is 1. The summed E-state index contributed by atoms with van der Waals surface area (Å²) in [6.07, 6.45) is -0.739. The zero-order valence-electron chi connectivity index (χ0n) is 39.0. The minimum atomic E-state index is -1.77. The number of phenolic OH excluding ortho intramolecular Hbond substituents is 1. The summed E-state index contributed by atoms with van der Waals surface area (Å²) in [7, 11) is 0. The first kappa shape index (κ1) is 59.1. The molecule has 69 heavy (non-hydrogen) atoms. The number of hydrogen-bond donors (Lipinski definition) is 13. The average Bonchev–Trinajstić information content (AvgIpc) is 3.79. The second-order valence-electron chi connectivity index (χ2n) is 17.1. The van der Waals surface area contributed by atoms with E-state index in [9.17, 15) is 57.8 Å². The van der Waals surface area contributed by atoms with Gasteiger partial charge in [0, 0.05) is 18.7 Å². The Hall–Kier alpha value is -5.98. The molecule has 0 aliphatic carbocycles. The van der Waals surface area contributed by atoms with Gasteiger partial charge in [-0.1, -0.05) is 13.8 Å². The van der Waals surface area contributed by atoms with Gasteiger partial charge in [0.2, 0.25) is 35.4 Å². The molecule has 24 nitrogen and oxygen atoms in total. The van der Waals surface area contributed by atoms with Gasteiger partial charge < -0.3 is 42.7 Å².